The molecule has 0 aliphatic carbocycles. The van der Waals surface area contributed by atoms with Crippen molar-refractivity contribution in [3.8, 4) is 0 Å². The van der Waals surface area contributed by atoms with Crippen molar-refractivity contribution < 1.29 is 70.3 Å². The van der Waals surface area contributed by atoms with Crippen LogP contribution >= 0.6 is 11.8 Å². The molecule has 10 unspecified atom stereocenters. The Morgan fingerprint density at radius 3 is 2.17 bits per heavy atom. The molecule has 2 fully saturated rings. The number of primary amides is 1. The monoisotopic (exact) mass is 770 g/mol. The molecule has 0 radical (unpaired) electrons. The number of amides is 1. The Morgan fingerprint density at radius 1 is 0.943 bits per heavy atom. The van der Waals surface area contributed by atoms with Crippen molar-refractivity contribution in [2.75, 3.05) is 13.7 Å². The van der Waals surface area contributed by atoms with Crippen LogP contribution in [0.5, 0.6) is 0 Å². The zero-order chi connectivity index (χ0) is 39.0. The number of alkyl halides is 3. The summed E-state index contributed by atoms with van der Waals surface area (Å²) in [6.45, 7) is 2.35. The van der Waals surface area contributed by atoms with Crippen LogP contribution in [0.1, 0.15) is 26.3 Å². The van der Waals surface area contributed by atoms with Gasteiger partial charge in [0.15, 0.2) is 12.2 Å². The second-order valence-electron chi connectivity index (χ2n) is 11.6. The van der Waals surface area contributed by atoms with Gasteiger partial charge in [-0.2, -0.15) is 13.2 Å². The van der Waals surface area contributed by atoms with Crippen molar-refractivity contribution in [3.63, 3.8) is 0 Å². The summed E-state index contributed by atoms with van der Waals surface area (Å²) in [6, 6.07) is 8.28. The van der Waals surface area contributed by atoms with Crippen LogP contribution in [0.3, 0.4) is 0 Å². The molecule has 2 aromatic carbocycles. The number of nitrogens with two attached hydrogens (primary N) is 1. The lowest BCUT2D eigenvalue weighted by molar-refractivity contribution is -0.563. The summed E-state index contributed by atoms with van der Waals surface area (Å²) in [6.07, 6.45) is -16.3. The van der Waals surface area contributed by atoms with Crippen LogP contribution in [0.4, 0.5) is 18.9 Å². The molecule has 21 heteroatoms. The van der Waals surface area contributed by atoms with E-state index in [-0.39, 0.29) is 4.76 Å². The standard InChI is InChI=1S/C32H34F3N5O12S/c1-15(41)47-14-21-24(48-16(2)42)27(49-17(3)43)23(40(45)19-10-8-9-18(13-19)32(33,34)35)30(50-21)51-26-22(38-39-37)25(46-4)28(29(36)44)52-31(26)53-20-11-6-5-7-12-20/h5-13,21-28,30-31H,14H2,1-4H3,(H-,36,44)/p+1. The second-order valence-corrected chi connectivity index (χ2v) is 12.8. The van der Waals surface area contributed by atoms with Crippen molar-refractivity contribution in [2.24, 2.45) is 10.8 Å². The summed E-state index contributed by atoms with van der Waals surface area (Å²) in [7, 11) is 1.17. The largest absolute Gasteiger partial charge is 0.463 e. The van der Waals surface area contributed by atoms with Crippen LogP contribution in [0.15, 0.2) is 64.6 Å². The number of methoxy groups -OCH3 is 1. The van der Waals surface area contributed by atoms with Crippen molar-refractivity contribution in [2.45, 2.75) is 92.3 Å². The quantitative estimate of drug-likeness (QED) is 0.0766. The highest BCUT2D eigenvalue weighted by atomic mass is 32.2. The zero-order valence-corrected chi connectivity index (χ0v) is 29.3. The maximum absolute atomic E-state index is 14.3. The van der Waals surface area contributed by atoms with Crippen molar-refractivity contribution in [1.82, 2.24) is 0 Å². The summed E-state index contributed by atoms with van der Waals surface area (Å²) in [5, 5.41) is 3.81. The Morgan fingerprint density at radius 2 is 1.60 bits per heavy atom. The van der Waals surface area contributed by atoms with Gasteiger partial charge in [-0.3, -0.25) is 19.2 Å². The lowest BCUT2D eigenvalue weighted by atomic mass is 9.94. The molecule has 2 saturated heterocycles. The van der Waals surface area contributed by atoms with E-state index in [4.69, 9.17) is 38.9 Å². The van der Waals surface area contributed by atoms with Crippen molar-refractivity contribution in [3.05, 3.63) is 75.5 Å². The minimum atomic E-state index is -4.88. The van der Waals surface area contributed by atoms with Crippen LogP contribution in [-0.4, -0.2) is 103 Å². The molecule has 2 aliphatic rings. The first-order valence-corrected chi connectivity index (χ1v) is 16.6. The summed E-state index contributed by atoms with van der Waals surface area (Å²) < 4.78 is 81.4. The van der Waals surface area contributed by atoms with E-state index in [1.807, 2.05) is 0 Å². The molecule has 0 aromatic heterocycles. The van der Waals surface area contributed by atoms with Crippen LogP contribution < -0.4 is 5.73 Å². The van der Waals surface area contributed by atoms with Crippen LogP contribution in [0, 0.1) is 4.91 Å². The summed E-state index contributed by atoms with van der Waals surface area (Å²) >= 11 is 0.980. The minimum absolute atomic E-state index is 0.0255. The summed E-state index contributed by atoms with van der Waals surface area (Å²) in [5.74, 6) is -3.77. The van der Waals surface area contributed by atoms with E-state index in [0.717, 1.165) is 50.7 Å². The average Bonchev–Trinajstić information content (AvgIpc) is 3.09. The van der Waals surface area contributed by atoms with Gasteiger partial charge in [0.05, 0.1) is 11.6 Å². The molecule has 10 atom stereocenters. The van der Waals surface area contributed by atoms with Crippen LogP contribution in [0.25, 0.3) is 10.4 Å². The van der Waals surface area contributed by atoms with Gasteiger partial charge in [-0.05, 0) is 23.7 Å². The SMILES string of the molecule is COC1C(C(N)=O)OC(Sc2ccccc2)C(OC2OC(COC(C)=O)C(OC(C)=O)C(OC(C)=O)C2[N+](=O)c2cccc(C(F)(F)F)c2)C1N=[N+]=[N-]. The first-order chi connectivity index (χ1) is 25.0. The fourth-order valence-corrected chi connectivity index (χ4v) is 6.89. The number of benzene rings is 2. The van der Waals surface area contributed by atoms with Gasteiger partial charge in [0.25, 0.3) is 11.7 Å². The molecule has 4 rings (SSSR count). The number of thioether (sulfide) groups is 1. The molecule has 17 nitrogen and oxygen atoms in total. The van der Waals surface area contributed by atoms with Gasteiger partial charge in [-0.25, -0.2) is 0 Å². The third kappa shape index (κ3) is 10.2. The number of hydrogen-bond acceptors (Lipinski definition) is 14. The molecule has 2 aromatic rings. The highest BCUT2D eigenvalue weighted by molar-refractivity contribution is 7.99. The number of ether oxygens (including phenoxy) is 7. The fourth-order valence-electron chi connectivity index (χ4n) is 5.77. The van der Waals surface area contributed by atoms with Gasteiger partial charge in [0, 0.05) is 59.5 Å². The van der Waals surface area contributed by atoms with Gasteiger partial charge >= 0.3 is 24.1 Å². The predicted octanol–water partition coefficient (Wildman–Crippen LogP) is 3.72. The average molecular weight is 771 g/mol. The Hall–Kier alpha value is -4.79. The first-order valence-electron chi connectivity index (χ1n) is 15.7. The van der Waals surface area contributed by atoms with Gasteiger partial charge in [-0.1, -0.05) is 41.1 Å². The molecule has 2 aliphatic heterocycles. The van der Waals surface area contributed by atoms with Crippen molar-refractivity contribution in [1.29, 1.82) is 0 Å². The van der Waals surface area contributed by atoms with Gasteiger partial charge in [0.1, 0.15) is 30.4 Å². The van der Waals surface area contributed by atoms with E-state index in [2.05, 4.69) is 10.0 Å². The van der Waals surface area contributed by atoms with Crippen molar-refractivity contribution >= 4 is 41.3 Å². The van der Waals surface area contributed by atoms with E-state index >= 15 is 0 Å². The number of carbonyl (C=O) groups is 4. The van der Waals surface area contributed by atoms with E-state index in [1.165, 1.54) is 7.11 Å². The number of nitroso groups, excluding NO2 is 1. The maximum atomic E-state index is 14.3. The fraction of sp³-hybridized carbons (Fsp3) is 0.500. The summed E-state index contributed by atoms with van der Waals surface area (Å²) in [4.78, 5) is 67.0. The number of hydrogen-bond donors (Lipinski definition) is 1. The Balaban J connectivity index is 1.92. The normalized spacial score (nSPS) is 28.5. The molecule has 53 heavy (non-hydrogen) atoms. The third-order valence-corrected chi connectivity index (χ3v) is 9.07. The summed E-state index contributed by atoms with van der Waals surface area (Å²) in [5.41, 5.74) is 12.1. The molecule has 1 amide bonds. The molecular weight excluding hydrogens is 735 g/mol. The smallest absolute Gasteiger partial charge is 0.416 e. The lowest BCUT2D eigenvalue weighted by Gasteiger charge is -2.46. The highest BCUT2D eigenvalue weighted by Crippen LogP contribution is 2.41. The zero-order valence-electron chi connectivity index (χ0n) is 28.5. The second kappa shape index (κ2) is 17.8. The Bertz CT molecular complexity index is 1720. The number of rotatable bonds is 13. The van der Waals surface area contributed by atoms with E-state index in [1.54, 1.807) is 30.3 Å². The van der Waals surface area contributed by atoms with Gasteiger partial charge in [0.2, 0.25) is 18.3 Å². The molecule has 0 bridgehead atoms. The number of nitrogens with zero attached hydrogens (tertiary/aromatic N) is 4. The minimum Gasteiger partial charge on any atom is -0.463 e. The third-order valence-electron chi connectivity index (χ3n) is 7.91. The molecule has 0 spiro atoms. The molecular formula is C32H35F3N5O12S+. The highest BCUT2D eigenvalue weighted by Gasteiger charge is 2.61. The molecule has 0 saturated carbocycles. The molecule has 286 valence electrons. The topological polar surface area (TPSA) is 228 Å². The van der Waals surface area contributed by atoms with Crippen LogP contribution in [-0.2, 0) is 58.5 Å². The van der Waals surface area contributed by atoms with E-state index in [9.17, 15) is 42.8 Å². The number of esters is 3. The molecule has 2 N–H and O–H groups in total. The Kier molecular flexibility index (Phi) is 13.8. The lowest BCUT2D eigenvalue weighted by Crippen LogP contribution is -2.67. The number of halogens is 3. The first kappa shape index (κ1) is 41.0. The number of azide groups is 1. The number of carbonyl (C=O) groups excluding carboxylic acids is 4. The Labute approximate surface area is 303 Å². The van der Waals surface area contributed by atoms with E-state index < -0.39 is 108 Å². The molecule has 2 heterocycles. The van der Waals surface area contributed by atoms with E-state index in [0.29, 0.717) is 11.0 Å². The van der Waals surface area contributed by atoms with Gasteiger partial charge < -0.3 is 38.9 Å². The maximum Gasteiger partial charge on any atom is 0.416 e. The van der Waals surface area contributed by atoms with Crippen LogP contribution in [0.2, 0.25) is 0 Å². The predicted molar refractivity (Wildman–Crippen MR) is 174 cm³/mol. The van der Waals surface area contributed by atoms with Gasteiger partial charge in [-0.15, -0.1) is 0 Å².